The van der Waals surface area contributed by atoms with Crippen molar-refractivity contribution in [1.82, 2.24) is 0 Å². The van der Waals surface area contributed by atoms with Crippen molar-refractivity contribution >= 4 is 0 Å². The van der Waals surface area contributed by atoms with Crippen LogP contribution in [-0.2, 0) is 11.2 Å². The van der Waals surface area contributed by atoms with Gasteiger partial charge < -0.3 is 4.74 Å². The van der Waals surface area contributed by atoms with E-state index in [4.69, 9.17) is 4.74 Å². The Morgan fingerprint density at radius 3 is 2.09 bits per heavy atom. The highest BCUT2D eigenvalue weighted by molar-refractivity contribution is 5.65. The van der Waals surface area contributed by atoms with E-state index in [0.29, 0.717) is 5.92 Å². The Hall–Kier alpha value is -1.67. The number of ether oxygens (including phenoxy) is 1. The van der Waals surface area contributed by atoms with E-state index >= 15 is 0 Å². The van der Waals surface area contributed by atoms with Crippen LogP contribution in [0.1, 0.15) is 107 Å². The smallest absolute Gasteiger partial charge is 0.131 e. The molecule has 192 valence electrons. The van der Waals surface area contributed by atoms with E-state index in [1.165, 1.54) is 82.6 Å². The van der Waals surface area contributed by atoms with Crippen LogP contribution in [0, 0.1) is 23.6 Å². The Morgan fingerprint density at radius 1 is 0.771 bits per heavy atom. The van der Waals surface area contributed by atoms with Crippen molar-refractivity contribution in [3.63, 3.8) is 0 Å². The molecular weight excluding hydrogens is 431 g/mol. The quantitative estimate of drug-likeness (QED) is 0.292. The number of unbranched alkanes of at least 4 members (excludes halogenated alkanes) is 1. The lowest BCUT2D eigenvalue weighted by atomic mass is 9.77. The van der Waals surface area contributed by atoms with Gasteiger partial charge in [-0.15, -0.1) is 0 Å². The fourth-order valence-corrected chi connectivity index (χ4v) is 6.76. The SMILES string of the molecule is CCCC1CCC(c2ccc(-c3ccc(CCCCC4CCC(COC)CC4)cc3F)cc2)CC1. The first kappa shape index (κ1) is 26.4. The molecule has 0 aliphatic heterocycles. The second kappa shape index (κ2) is 13.6. The first-order valence-electron chi connectivity index (χ1n) is 14.5. The maximum absolute atomic E-state index is 15.0. The van der Waals surface area contributed by atoms with Crippen molar-refractivity contribution in [2.45, 2.75) is 103 Å². The molecule has 2 heteroatoms. The Labute approximate surface area is 213 Å². The van der Waals surface area contributed by atoms with Crippen LogP contribution >= 0.6 is 0 Å². The Morgan fingerprint density at radius 2 is 1.43 bits per heavy atom. The molecule has 4 rings (SSSR count). The molecule has 1 nitrogen and oxygen atoms in total. The molecule has 0 heterocycles. The minimum absolute atomic E-state index is 0.0770. The highest BCUT2D eigenvalue weighted by Crippen LogP contribution is 2.38. The maximum Gasteiger partial charge on any atom is 0.131 e. The molecule has 2 fully saturated rings. The van der Waals surface area contributed by atoms with Crippen LogP contribution in [0.2, 0.25) is 0 Å². The largest absolute Gasteiger partial charge is 0.384 e. The van der Waals surface area contributed by atoms with Crippen LogP contribution in [0.4, 0.5) is 4.39 Å². The minimum atomic E-state index is -0.0770. The third kappa shape index (κ3) is 7.66. The molecule has 0 saturated heterocycles. The van der Waals surface area contributed by atoms with Crippen LogP contribution in [0.3, 0.4) is 0 Å². The molecule has 0 atom stereocenters. The number of hydrogen-bond acceptors (Lipinski definition) is 1. The molecule has 0 aromatic heterocycles. The Kier molecular flexibility index (Phi) is 10.2. The first-order valence-corrected chi connectivity index (χ1v) is 14.5. The summed E-state index contributed by atoms with van der Waals surface area (Å²) in [4.78, 5) is 0. The van der Waals surface area contributed by atoms with Gasteiger partial charge in [-0.05, 0) is 97.8 Å². The zero-order valence-corrected chi connectivity index (χ0v) is 22.2. The van der Waals surface area contributed by atoms with E-state index in [1.54, 1.807) is 6.07 Å². The second-order valence-corrected chi connectivity index (χ2v) is 11.5. The summed E-state index contributed by atoms with van der Waals surface area (Å²) in [6.45, 7) is 3.23. The summed E-state index contributed by atoms with van der Waals surface area (Å²) in [5, 5.41) is 0. The van der Waals surface area contributed by atoms with Gasteiger partial charge in [0.1, 0.15) is 5.82 Å². The van der Waals surface area contributed by atoms with Gasteiger partial charge in [0.15, 0.2) is 0 Å². The second-order valence-electron chi connectivity index (χ2n) is 11.5. The third-order valence-corrected chi connectivity index (χ3v) is 8.97. The number of benzene rings is 2. The van der Waals surface area contributed by atoms with Gasteiger partial charge in [0.05, 0.1) is 0 Å². The van der Waals surface area contributed by atoms with Crippen molar-refractivity contribution in [3.8, 4) is 11.1 Å². The number of methoxy groups -OCH3 is 1. The molecule has 0 N–H and O–H groups in total. The normalized spacial score (nSPS) is 25.0. The standard InChI is InChI=1S/C33H47FO/c1-3-6-25-13-16-29(17-14-25)30-18-20-31(21-19-30)32-22-15-27(23-33(32)34)8-5-4-7-26-9-11-28(12-10-26)24-35-2/h15,18-23,25-26,28-29H,3-14,16-17,24H2,1-2H3. The maximum atomic E-state index is 15.0. The third-order valence-electron chi connectivity index (χ3n) is 8.97. The summed E-state index contributed by atoms with van der Waals surface area (Å²) in [7, 11) is 1.82. The zero-order chi connectivity index (χ0) is 24.5. The summed E-state index contributed by atoms with van der Waals surface area (Å²) in [6, 6.07) is 14.7. The number of hydrogen-bond donors (Lipinski definition) is 0. The van der Waals surface area contributed by atoms with Crippen molar-refractivity contribution in [1.29, 1.82) is 0 Å². The molecule has 0 unspecified atom stereocenters. The van der Waals surface area contributed by atoms with E-state index in [0.717, 1.165) is 53.9 Å². The van der Waals surface area contributed by atoms with Gasteiger partial charge in [-0.25, -0.2) is 4.39 Å². The summed E-state index contributed by atoms with van der Waals surface area (Å²) in [5.41, 5.74) is 4.31. The topological polar surface area (TPSA) is 9.23 Å². The predicted octanol–water partition coefficient (Wildman–Crippen LogP) is 9.73. The predicted molar refractivity (Wildman–Crippen MR) is 146 cm³/mol. The summed E-state index contributed by atoms with van der Waals surface area (Å²) < 4.78 is 20.3. The van der Waals surface area contributed by atoms with Gasteiger partial charge in [0.25, 0.3) is 0 Å². The van der Waals surface area contributed by atoms with E-state index in [2.05, 4.69) is 37.3 Å². The van der Waals surface area contributed by atoms with Crippen molar-refractivity contribution in [2.24, 2.45) is 17.8 Å². The van der Waals surface area contributed by atoms with Crippen molar-refractivity contribution in [2.75, 3.05) is 13.7 Å². The van der Waals surface area contributed by atoms with Gasteiger partial charge in [-0.3, -0.25) is 0 Å². The highest BCUT2D eigenvalue weighted by Gasteiger charge is 2.22. The Bertz CT molecular complexity index is 872. The number of rotatable bonds is 11. The minimum Gasteiger partial charge on any atom is -0.384 e. The van der Waals surface area contributed by atoms with Crippen LogP contribution in [-0.4, -0.2) is 13.7 Å². The van der Waals surface area contributed by atoms with Gasteiger partial charge in [-0.2, -0.15) is 0 Å². The summed E-state index contributed by atoms with van der Waals surface area (Å²) in [6.07, 6.45) is 18.1. The average Bonchev–Trinajstić information content (AvgIpc) is 2.89. The van der Waals surface area contributed by atoms with E-state index in [9.17, 15) is 4.39 Å². The van der Waals surface area contributed by atoms with E-state index in [1.807, 2.05) is 13.2 Å². The average molecular weight is 479 g/mol. The number of aryl methyl sites for hydroxylation is 1. The number of halogens is 1. The fourth-order valence-electron chi connectivity index (χ4n) is 6.76. The lowest BCUT2D eigenvalue weighted by Crippen LogP contribution is -2.18. The van der Waals surface area contributed by atoms with Crippen molar-refractivity contribution in [3.05, 3.63) is 59.4 Å². The highest BCUT2D eigenvalue weighted by atomic mass is 19.1. The molecule has 2 aromatic carbocycles. The van der Waals surface area contributed by atoms with Crippen LogP contribution < -0.4 is 0 Å². The van der Waals surface area contributed by atoms with Crippen LogP contribution in [0.15, 0.2) is 42.5 Å². The molecule has 0 amide bonds. The van der Waals surface area contributed by atoms with Gasteiger partial charge in [0.2, 0.25) is 0 Å². The lowest BCUT2D eigenvalue weighted by Gasteiger charge is -2.28. The Balaban J connectivity index is 1.22. The van der Waals surface area contributed by atoms with Crippen LogP contribution in [0.25, 0.3) is 11.1 Å². The molecule has 2 saturated carbocycles. The monoisotopic (exact) mass is 478 g/mol. The fraction of sp³-hybridized carbons (Fsp3) is 0.636. The molecule has 35 heavy (non-hydrogen) atoms. The molecule has 0 bridgehead atoms. The zero-order valence-electron chi connectivity index (χ0n) is 22.2. The summed E-state index contributed by atoms with van der Waals surface area (Å²) in [5.74, 6) is 3.21. The van der Waals surface area contributed by atoms with Gasteiger partial charge in [-0.1, -0.05) is 81.8 Å². The first-order chi connectivity index (χ1) is 17.2. The molecule has 2 aliphatic rings. The van der Waals surface area contributed by atoms with E-state index in [-0.39, 0.29) is 5.82 Å². The molecule has 0 radical (unpaired) electrons. The van der Waals surface area contributed by atoms with Gasteiger partial charge in [0, 0.05) is 19.3 Å². The lowest BCUT2D eigenvalue weighted by molar-refractivity contribution is 0.117. The molecule has 0 spiro atoms. The molecular formula is C33H47FO. The van der Waals surface area contributed by atoms with E-state index < -0.39 is 0 Å². The van der Waals surface area contributed by atoms with Crippen molar-refractivity contribution < 1.29 is 9.13 Å². The summed E-state index contributed by atoms with van der Waals surface area (Å²) >= 11 is 0. The van der Waals surface area contributed by atoms with Crippen LogP contribution in [0.5, 0.6) is 0 Å². The van der Waals surface area contributed by atoms with Gasteiger partial charge >= 0.3 is 0 Å². The molecule has 2 aromatic rings. The molecule has 2 aliphatic carbocycles.